The molecule has 0 saturated heterocycles. The number of hydroxylamine groups is 1. The molecule has 0 fully saturated rings. The fourth-order valence-electron chi connectivity index (χ4n) is 0.899. The number of nitrogens with two attached hydrogens (primary N) is 1. The Hall–Kier alpha value is -1.47. The summed E-state index contributed by atoms with van der Waals surface area (Å²) in [5.41, 5.74) is 6.48. The summed E-state index contributed by atoms with van der Waals surface area (Å²) < 4.78 is 13.7. The highest BCUT2D eigenvalue weighted by atomic mass is 79.9. The molecule has 16 heavy (non-hydrogen) atoms. The highest BCUT2D eigenvalue weighted by Crippen LogP contribution is 2.15. The first-order chi connectivity index (χ1) is 7.50. The molecule has 1 rings (SSSR count). The summed E-state index contributed by atoms with van der Waals surface area (Å²) in [6, 6.07) is 3.88. The number of amides is 2. The van der Waals surface area contributed by atoms with Gasteiger partial charge < -0.3 is 5.73 Å². The zero-order chi connectivity index (χ0) is 12.1. The van der Waals surface area contributed by atoms with Crippen molar-refractivity contribution in [3.05, 3.63) is 34.1 Å². The molecule has 0 heterocycles. The third-order valence-electron chi connectivity index (χ3n) is 1.55. The van der Waals surface area contributed by atoms with Crippen molar-refractivity contribution >= 4 is 27.7 Å². The van der Waals surface area contributed by atoms with Gasteiger partial charge >= 0.3 is 0 Å². The molecule has 5 nitrogen and oxygen atoms in total. The van der Waals surface area contributed by atoms with Crippen molar-refractivity contribution in [2.45, 2.75) is 0 Å². The van der Waals surface area contributed by atoms with Crippen molar-refractivity contribution < 1.29 is 18.8 Å². The van der Waals surface area contributed by atoms with Gasteiger partial charge in [-0.1, -0.05) is 15.9 Å². The van der Waals surface area contributed by atoms with Gasteiger partial charge in [-0.2, -0.15) is 0 Å². The third-order valence-corrected chi connectivity index (χ3v) is 2.05. The minimum absolute atomic E-state index is 0.196. The van der Waals surface area contributed by atoms with Gasteiger partial charge in [-0.15, -0.1) is 0 Å². The molecule has 0 aromatic heterocycles. The summed E-state index contributed by atoms with van der Waals surface area (Å²) in [7, 11) is 0. The van der Waals surface area contributed by atoms with Crippen LogP contribution < -0.4 is 11.2 Å². The van der Waals surface area contributed by atoms with Crippen LogP contribution in [0.1, 0.15) is 10.4 Å². The van der Waals surface area contributed by atoms with Gasteiger partial charge in [0.1, 0.15) is 5.82 Å². The van der Waals surface area contributed by atoms with E-state index in [1.165, 1.54) is 12.1 Å². The maximum atomic E-state index is 13.2. The summed E-state index contributed by atoms with van der Waals surface area (Å²) in [5.74, 6) is -2.22. The molecular weight excluding hydrogens is 283 g/mol. The first-order valence-corrected chi connectivity index (χ1v) is 4.95. The molecule has 0 aliphatic carbocycles. The van der Waals surface area contributed by atoms with Crippen LogP contribution in [0.4, 0.5) is 4.39 Å². The van der Waals surface area contributed by atoms with Crippen molar-refractivity contribution in [3.63, 3.8) is 0 Å². The lowest BCUT2D eigenvalue weighted by atomic mass is 10.2. The van der Waals surface area contributed by atoms with E-state index in [-0.39, 0.29) is 5.56 Å². The van der Waals surface area contributed by atoms with Crippen LogP contribution in [-0.4, -0.2) is 18.4 Å². The van der Waals surface area contributed by atoms with E-state index < -0.39 is 24.2 Å². The van der Waals surface area contributed by atoms with Crippen LogP contribution in [0.5, 0.6) is 0 Å². The normalized spacial score (nSPS) is 9.88. The highest BCUT2D eigenvalue weighted by Gasteiger charge is 2.12. The lowest BCUT2D eigenvalue weighted by Crippen LogP contribution is -2.29. The van der Waals surface area contributed by atoms with Crippen molar-refractivity contribution in [3.8, 4) is 0 Å². The Balaban J connectivity index is 2.65. The van der Waals surface area contributed by atoms with Gasteiger partial charge in [-0.05, 0) is 18.2 Å². The molecule has 3 N–H and O–H groups in total. The Labute approximate surface area is 98.8 Å². The second kappa shape index (κ2) is 5.57. The van der Waals surface area contributed by atoms with E-state index in [1.54, 1.807) is 0 Å². The predicted molar refractivity (Wildman–Crippen MR) is 56.7 cm³/mol. The number of nitrogens with one attached hydrogen (secondary N) is 1. The zero-order valence-corrected chi connectivity index (χ0v) is 9.58. The molecular formula is C9H8BrFN2O3. The summed E-state index contributed by atoms with van der Waals surface area (Å²) in [6.07, 6.45) is 0. The summed E-state index contributed by atoms with van der Waals surface area (Å²) in [5, 5.41) is 0. The fourth-order valence-corrected chi connectivity index (χ4v) is 1.26. The van der Waals surface area contributed by atoms with Crippen molar-refractivity contribution in [2.24, 2.45) is 5.73 Å². The van der Waals surface area contributed by atoms with Crippen LogP contribution in [0.15, 0.2) is 22.7 Å². The van der Waals surface area contributed by atoms with Crippen LogP contribution in [-0.2, 0) is 9.63 Å². The quantitative estimate of drug-likeness (QED) is 0.803. The lowest BCUT2D eigenvalue weighted by Gasteiger charge is -2.05. The first kappa shape index (κ1) is 12.6. The molecule has 86 valence electrons. The molecule has 0 saturated carbocycles. The van der Waals surface area contributed by atoms with Crippen molar-refractivity contribution in [1.82, 2.24) is 5.48 Å². The second-order valence-corrected chi connectivity index (χ2v) is 3.73. The number of benzene rings is 1. The summed E-state index contributed by atoms with van der Waals surface area (Å²) in [6.45, 7) is -0.471. The molecule has 7 heteroatoms. The minimum Gasteiger partial charge on any atom is -0.368 e. The van der Waals surface area contributed by atoms with E-state index >= 15 is 0 Å². The van der Waals surface area contributed by atoms with Gasteiger partial charge in [0.25, 0.3) is 5.91 Å². The first-order valence-electron chi connectivity index (χ1n) is 4.16. The Kier molecular flexibility index (Phi) is 4.39. The Bertz CT molecular complexity index is 425. The number of carbonyl (C=O) groups is 2. The summed E-state index contributed by atoms with van der Waals surface area (Å²) in [4.78, 5) is 26.1. The maximum absolute atomic E-state index is 13.2. The Morgan fingerprint density at radius 2 is 2.19 bits per heavy atom. The smallest absolute Gasteiger partial charge is 0.277 e. The van der Waals surface area contributed by atoms with Gasteiger partial charge in [0.05, 0.1) is 5.56 Å². The van der Waals surface area contributed by atoms with Crippen LogP contribution in [0.25, 0.3) is 0 Å². The van der Waals surface area contributed by atoms with Crippen LogP contribution in [0.2, 0.25) is 0 Å². The molecule has 2 amide bonds. The van der Waals surface area contributed by atoms with Crippen LogP contribution in [0.3, 0.4) is 0 Å². The molecule has 0 bridgehead atoms. The van der Waals surface area contributed by atoms with Crippen molar-refractivity contribution in [1.29, 1.82) is 0 Å². The number of primary amides is 1. The average Bonchev–Trinajstić information content (AvgIpc) is 2.21. The van der Waals surface area contributed by atoms with E-state index in [0.717, 1.165) is 6.07 Å². The average molecular weight is 291 g/mol. The number of halogens is 2. The second-order valence-electron chi connectivity index (χ2n) is 2.81. The maximum Gasteiger partial charge on any atom is 0.277 e. The molecule has 0 unspecified atom stereocenters. The van der Waals surface area contributed by atoms with Crippen LogP contribution >= 0.6 is 15.9 Å². The van der Waals surface area contributed by atoms with Crippen molar-refractivity contribution in [2.75, 3.05) is 6.61 Å². The monoisotopic (exact) mass is 290 g/mol. The van der Waals surface area contributed by atoms with Gasteiger partial charge in [0, 0.05) is 4.47 Å². The fraction of sp³-hybridized carbons (Fsp3) is 0.111. The number of rotatable bonds is 4. The van der Waals surface area contributed by atoms with E-state index in [0.29, 0.717) is 4.47 Å². The molecule has 0 radical (unpaired) electrons. The summed E-state index contributed by atoms with van der Waals surface area (Å²) >= 11 is 3.09. The number of carbonyl (C=O) groups excluding carboxylic acids is 2. The van der Waals surface area contributed by atoms with E-state index in [2.05, 4.69) is 20.8 Å². The predicted octanol–water partition coefficient (Wildman–Crippen LogP) is 0.735. The zero-order valence-electron chi connectivity index (χ0n) is 8.00. The number of hydrogen-bond acceptors (Lipinski definition) is 3. The molecule has 1 aromatic carbocycles. The van der Waals surface area contributed by atoms with Gasteiger partial charge in [0.15, 0.2) is 6.61 Å². The minimum atomic E-state index is -0.792. The Morgan fingerprint density at radius 3 is 2.81 bits per heavy atom. The van der Waals surface area contributed by atoms with Gasteiger partial charge in [0.2, 0.25) is 5.91 Å². The van der Waals surface area contributed by atoms with Gasteiger partial charge in [-0.25, -0.2) is 9.87 Å². The van der Waals surface area contributed by atoms with E-state index in [9.17, 15) is 14.0 Å². The SMILES string of the molecule is NC(=O)CONC(=O)c1cc(Br)ccc1F. The molecule has 0 aliphatic heterocycles. The van der Waals surface area contributed by atoms with Crippen LogP contribution in [0, 0.1) is 5.82 Å². The lowest BCUT2D eigenvalue weighted by molar-refractivity contribution is -0.124. The highest BCUT2D eigenvalue weighted by molar-refractivity contribution is 9.10. The molecule has 1 aromatic rings. The molecule has 0 spiro atoms. The molecule has 0 atom stereocenters. The van der Waals surface area contributed by atoms with Gasteiger partial charge in [-0.3, -0.25) is 14.4 Å². The standard InChI is InChI=1S/C9H8BrFN2O3/c10-5-1-2-7(11)6(3-5)9(15)13-16-4-8(12)14/h1-3H,4H2,(H2,12,14)(H,13,15). The Morgan fingerprint density at radius 1 is 1.50 bits per heavy atom. The topological polar surface area (TPSA) is 81.4 Å². The number of hydrogen-bond donors (Lipinski definition) is 2. The third kappa shape index (κ3) is 3.59. The molecule has 0 aliphatic rings. The van der Waals surface area contributed by atoms with E-state index in [4.69, 9.17) is 5.73 Å². The van der Waals surface area contributed by atoms with E-state index in [1.807, 2.05) is 5.48 Å². The largest absolute Gasteiger partial charge is 0.368 e.